The van der Waals surface area contributed by atoms with Crippen molar-refractivity contribution in [1.82, 2.24) is 4.90 Å². The lowest BCUT2D eigenvalue weighted by molar-refractivity contribution is -0.325. The van der Waals surface area contributed by atoms with Gasteiger partial charge in [0.05, 0.1) is 19.4 Å². The van der Waals surface area contributed by atoms with Crippen LogP contribution in [0.2, 0.25) is 0 Å². The maximum atomic E-state index is 13.7. The predicted octanol–water partition coefficient (Wildman–Crippen LogP) is 2.62. The van der Waals surface area contributed by atoms with Crippen LogP contribution in [0.5, 0.6) is 0 Å². The third kappa shape index (κ3) is 2.38. The molecule has 134 valence electrons. The van der Waals surface area contributed by atoms with Gasteiger partial charge in [-0.05, 0) is 26.0 Å². The Morgan fingerprint density at radius 2 is 1.92 bits per heavy atom. The molecule has 3 aliphatic heterocycles. The molecule has 0 N–H and O–H groups in total. The van der Waals surface area contributed by atoms with Crippen LogP contribution in [0, 0.1) is 11.3 Å². The third-order valence-corrected chi connectivity index (χ3v) is 4.68. The number of alkyl halides is 3. The van der Waals surface area contributed by atoms with Gasteiger partial charge in [0, 0.05) is 19.0 Å². The SMILES string of the molecule is CC(C)(C)OC(=O)N1CC(C2(C3(C(F)(F)F)COC3)C=NN=N2)C1. The molecule has 1 atom stereocenters. The summed E-state index contributed by atoms with van der Waals surface area (Å²) in [5.74, 6) is -0.537. The smallest absolute Gasteiger partial charge is 0.410 e. The van der Waals surface area contributed by atoms with Gasteiger partial charge in [-0.1, -0.05) is 0 Å². The molecule has 10 heteroatoms. The molecule has 2 fully saturated rings. The number of rotatable bonds is 2. The number of hydrogen-bond donors (Lipinski definition) is 0. The van der Waals surface area contributed by atoms with Crippen molar-refractivity contribution >= 4 is 12.3 Å². The monoisotopic (exact) mass is 348 g/mol. The van der Waals surface area contributed by atoms with Crippen LogP contribution in [0.25, 0.3) is 0 Å². The maximum Gasteiger partial charge on any atom is 0.410 e. The van der Waals surface area contributed by atoms with E-state index in [4.69, 9.17) is 9.47 Å². The first kappa shape index (κ1) is 17.1. The van der Waals surface area contributed by atoms with Crippen molar-refractivity contribution in [2.24, 2.45) is 26.8 Å². The van der Waals surface area contributed by atoms with Crippen molar-refractivity contribution in [3.05, 3.63) is 0 Å². The normalized spacial score (nSPS) is 29.3. The van der Waals surface area contributed by atoms with E-state index in [-0.39, 0.29) is 13.1 Å². The van der Waals surface area contributed by atoms with Gasteiger partial charge >= 0.3 is 12.3 Å². The third-order valence-electron chi connectivity index (χ3n) is 4.68. The first-order chi connectivity index (χ1) is 11.0. The zero-order valence-electron chi connectivity index (χ0n) is 13.6. The van der Waals surface area contributed by atoms with Gasteiger partial charge in [-0.25, -0.2) is 4.79 Å². The van der Waals surface area contributed by atoms with Gasteiger partial charge in [0.15, 0.2) is 0 Å². The summed E-state index contributed by atoms with van der Waals surface area (Å²) in [6, 6.07) is 0. The molecule has 0 radical (unpaired) electrons. The molecule has 3 aliphatic rings. The topological polar surface area (TPSA) is 75.8 Å². The van der Waals surface area contributed by atoms with Gasteiger partial charge in [-0.3, -0.25) is 0 Å². The highest BCUT2D eigenvalue weighted by Crippen LogP contribution is 2.57. The van der Waals surface area contributed by atoms with Gasteiger partial charge < -0.3 is 14.4 Å². The van der Waals surface area contributed by atoms with Crippen LogP contribution in [0.4, 0.5) is 18.0 Å². The molecule has 3 heterocycles. The van der Waals surface area contributed by atoms with Crippen molar-refractivity contribution in [3.63, 3.8) is 0 Å². The van der Waals surface area contributed by atoms with Crippen LogP contribution in [-0.2, 0) is 9.47 Å². The molecule has 2 saturated heterocycles. The van der Waals surface area contributed by atoms with Crippen molar-refractivity contribution < 1.29 is 27.4 Å². The molecule has 0 spiro atoms. The number of hydrogen-bond acceptors (Lipinski definition) is 6. The average molecular weight is 348 g/mol. The lowest BCUT2D eigenvalue weighted by Gasteiger charge is -2.56. The van der Waals surface area contributed by atoms with Gasteiger partial charge in [0.1, 0.15) is 16.6 Å². The summed E-state index contributed by atoms with van der Waals surface area (Å²) in [6.45, 7) is 4.44. The van der Waals surface area contributed by atoms with Gasteiger partial charge in [-0.15, -0.1) is 5.10 Å². The number of likely N-dealkylation sites (tertiary alicyclic amines) is 1. The van der Waals surface area contributed by atoms with Gasteiger partial charge in [0.25, 0.3) is 0 Å². The summed E-state index contributed by atoms with van der Waals surface area (Å²) in [4.78, 5) is 13.4. The Labute approximate surface area is 136 Å². The number of amides is 1. The Kier molecular flexibility index (Phi) is 3.67. The van der Waals surface area contributed by atoms with E-state index in [0.29, 0.717) is 0 Å². The molecule has 1 amide bonds. The molecular weight excluding hydrogens is 329 g/mol. The lowest BCUT2D eigenvalue weighted by Crippen LogP contribution is -2.74. The minimum Gasteiger partial charge on any atom is -0.444 e. The van der Waals surface area contributed by atoms with E-state index < -0.39 is 48.0 Å². The van der Waals surface area contributed by atoms with E-state index in [2.05, 4.69) is 15.4 Å². The molecule has 1 unspecified atom stereocenters. The first-order valence-electron chi connectivity index (χ1n) is 7.60. The van der Waals surface area contributed by atoms with E-state index >= 15 is 0 Å². The second-order valence-electron chi connectivity index (χ2n) is 7.41. The molecule has 3 rings (SSSR count). The molecule has 0 aromatic carbocycles. The fourth-order valence-electron chi connectivity index (χ4n) is 3.20. The summed E-state index contributed by atoms with van der Waals surface area (Å²) in [5, 5.41) is 10.9. The molecule has 0 bridgehead atoms. The minimum absolute atomic E-state index is 0.109. The summed E-state index contributed by atoms with van der Waals surface area (Å²) in [6.07, 6.45) is -3.90. The minimum atomic E-state index is -4.51. The summed E-state index contributed by atoms with van der Waals surface area (Å²) in [7, 11) is 0. The summed E-state index contributed by atoms with van der Waals surface area (Å²) in [5.41, 5.74) is -4.43. The molecule has 0 saturated carbocycles. The standard InChI is InChI=1S/C14H19F3N4O3/c1-11(2,3)24-10(22)21-4-9(5-21)13(6-18-20-19-13)12(7-23-8-12)14(15,16)17/h6,9H,4-5,7-8H2,1-3H3. The largest absolute Gasteiger partial charge is 0.444 e. The zero-order valence-corrected chi connectivity index (χ0v) is 13.6. The van der Waals surface area contributed by atoms with Crippen LogP contribution in [0.15, 0.2) is 15.4 Å². The van der Waals surface area contributed by atoms with E-state index in [9.17, 15) is 18.0 Å². The lowest BCUT2D eigenvalue weighted by atomic mass is 9.60. The maximum absolute atomic E-state index is 13.7. The quantitative estimate of drug-likeness (QED) is 0.770. The van der Waals surface area contributed by atoms with Crippen molar-refractivity contribution in [2.75, 3.05) is 26.3 Å². The number of halogens is 3. The van der Waals surface area contributed by atoms with Gasteiger partial charge in [-0.2, -0.15) is 18.3 Å². The summed E-state index contributed by atoms with van der Waals surface area (Å²) < 4.78 is 51.2. The van der Waals surface area contributed by atoms with Crippen molar-refractivity contribution in [3.8, 4) is 0 Å². The van der Waals surface area contributed by atoms with Crippen molar-refractivity contribution in [1.29, 1.82) is 0 Å². The second kappa shape index (κ2) is 5.14. The van der Waals surface area contributed by atoms with Crippen LogP contribution >= 0.6 is 0 Å². The van der Waals surface area contributed by atoms with E-state index in [0.717, 1.165) is 6.21 Å². The van der Waals surface area contributed by atoms with E-state index in [1.165, 1.54) is 4.90 Å². The fourth-order valence-corrected chi connectivity index (χ4v) is 3.20. The molecule has 0 aromatic rings. The number of nitrogens with zero attached hydrogens (tertiary/aromatic N) is 4. The van der Waals surface area contributed by atoms with Crippen molar-refractivity contribution in [2.45, 2.75) is 38.1 Å². The fraction of sp³-hybridized carbons (Fsp3) is 0.857. The Balaban J connectivity index is 1.77. The Morgan fingerprint density at radius 3 is 2.29 bits per heavy atom. The molecule has 0 aromatic heterocycles. The first-order valence-corrected chi connectivity index (χ1v) is 7.60. The highest BCUT2D eigenvalue weighted by molar-refractivity contribution is 5.76. The van der Waals surface area contributed by atoms with E-state index in [1.54, 1.807) is 20.8 Å². The highest BCUT2D eigenvalue weighted by Gasteiger charge is 2.75. The predicted molar refractivity (Wildman–Crippen MR) is 76.7 cm³/mol. The van der Waals surface area contributed by atoms with Gasteiger partial charge in [0.2, 0.25) is 0 Å². The van der Waals surface area contributed by atoms with E-state index in [1.807, 2.05) is 0 Å². The number of carbonyl (C=O) groups is 1. The second-order valence-corrected chi connectivity index (χ2v) is 7.41. The van der Waals surface area contributed by atoms with Crippen LogP contribution in [0.1, 0.15) is 20.8 Å². The van der Waals surface area contributed by atoms with Crippen LogP contribution in [0.3, 0.4) is 0 Å². The Morgan fingerprint density at radius 1 is 1.29 bits per heavy atom. The molecule has 24 heavy (non-hydrogen) atoms. The Hall–Kier alpha value is -1.71. The average Bonchev–Trinajstić information content (AvgIpc) is 2.70. The van der Waals surface area contributed by atoms with Crippen LogP contribution < -0.4 is 0 Å². The number of carbonyl (C=O) groups excluding carboxylic acids is 1. The van der Waals surface area contributed by atoms with Crippen LogP contribution in [-0.4, -0.2) is 60.8 Å². The molecule has 0 aliphatic carbocycles. The molecular formula is C14H19F3N4O3. The summed E-state index contributed by atoms with van der Waals surface area (Å²) >= 11 is 0. The zero-order chi connectivity index (χ0) is 17.8. The number of ether oxygens (including phenoxy) is 2. The Bertz CT molecular complexity index is 575. The molecule has 7 nitrogen and oxygen atoms in total. The highest BCUT2D eigenvalue weighted by atomic mass is 19.4.